The first kappa shape index (κ1) is 12.1. The lowest BCUT2D eigenvalue weighted by Gasteiger charge is -2.24. The Bertz CT molecular complexity index is 352. The van der Waals surface area contributed by atoms with E-state index in [2.05, 4.69) is 0 Å². The van der Waals surface area contributed by atoms with Gasteiger partial charge in [0.2, 0.25) is 0 Å². The maximum absolute atomic E-state index is 9.07. The van der Waals surface area contributed by atoms with Crippen LogP contribution in [0.15, 0.2) is 12.1 Å². The topological polar surface area (TPSA) is 46.2 Å². The van der Waals surface area contributed by atoms with Crippen molar-refractivity contribution >= 4 is 34.8 Å². The molecule has 2 nitrogen and oxygen atoms in total. The normalized spacial score (nSPS) is 15.3. The van der Waals surface area contributed by atoms with E-state index in [1.54, 1.807) is 19.1 Å². The molecule has 1 atom stereocenters. The third-order valence-corrected chi connectivity index (χ3v) is 3.27. The molecule has 0 aliphatic heterocycles. The maximum atomic E-state index is 9.07. The van der Waals surface area contributed by atoms with Gasteiger partial charge in [0.15, 0.2) is 0 Å². The maximum Gasteiger partial charge on any atom is 0.0782 e. The lowest BCUT2D eigenvalue weighted by atomic mass is 9.94. The quantitative estimate of drug-likeness (QED) is 0.797. The number of aliphatic hydroxyl groups excluding tert-OH is 1. The SMILES string of the molecule is C[C@](N)(CO)c1ccc(Cl)c(Cl)c1Cl. The van der Waals surface area contributed by atoms with Gasteiger partial charge in [-0.3, -0.25) is 0 Å². The summed E-state index contributed by atoms with van der Waals surface area (Å²) in [4.78, 5) is 0. The van der Waals surface area contributed by atoms with Gasteiger partial charge in [-0.1, -0.05) is 40.9 Å². The second kappa shape index (κ2) is 4.25. The molecular formula is C9H10Cl3NO. The highest BCUT2D eigenvalue weighted by atomic mass is 35.5. The molecule has 3 N–H and O–H groups in total. The lowest BCUT2D eigenvalue weighted by Crippen LogP contribution is -2.37. The van der Waals surface area contributed by atoms with E-state index >= 15 is 0 Å². The Morgan fingerprint density at radius 1 is 1.29 bits per heavy atom. The average molecular weight is 255 g/mol. The third kappa shape index (κ3) is 2.15. The summed E-state index contributed by atoms with van der Waals surface area (Å²) >= 11 is 17.6. The van der Waals surface area contributed by atoms with E-state index in [0.717, 1.165) is 0 Å². The van der Waals surface area contributed by atoms with Crippen LogP contribution in [0.4, 0.5) is 0 Å². The predicted octanol–water partition coefficient (Wildman–Crippen LogP) is 2.81. The van der Waals surface area contributed by atoms with Crippen LogP contribution in [0.3, 0.4) is 0 Å². The molecule has 0 unspecified atom stereocenters. The molecule has 0 heterocycles. The van der Waals surface area contributed by atoms with Crippen molar-refractivity contribution < 1.29 is 5.11 Å². The van der Waals surface area contributed by atoms with Crippen LogP contribution in [-0.2, 0) is 5.54 Å². The minimum atomic E-state index is -0.911. The van der Waals surface area contributed by atoms with Gasteiger partial charge in [-0.25, -0.2) is 0 Å². The molecule has 0 spiro atoms. The van der Waals surface area contributed by atoms with Gasteiger partial charge in [0.1, 0.15) is 0 Å². The lowest BCUT2D eigenvalue weighted by molar-refractivity contribution is 0.210. The van der Waals surface area contributed by atoms with E-state index < -0.39 is 5.54 Å². The smallest absolute Gasteiger partial charge is 0.0782 e. The number of nitrogens with two attached hydrogens (primary N) is 1. The van der Waals surface area contributed by atoms with Crippen LogP contribution < -0.4 is 5.73 Å². The van der Waals surface area contributed by atoms with Crippen molar-refractivity contribution in [3.05, 3.63) is 32.8 Å². The second-order valence-electron chi connectivity index (χ2n) is 3.30. The Hall–Kier alpha value is 0.01000. The first-order valence-corrected chi connectivity index (χ1v) is 5.07. The summed E-state index contributed by atoms with van der Waals surface area (Å²) in [6.07, 6.45) is 0. The second-order valence-corrected chi connectivity index (χ2v) is 4.46. The number of rotatable bonds is 2. The summed E-state index contributed by atoms with van der Waals surface area (Å²) < 4.78 is 0. The van der Waals surface area contributed by atoms with Gasteiger partial charge in [0.25, 0.3) is 0 Å². The summed E-state index contributed by atoms with van der Waals surface area (Å²) in [6, 6.07) is 3.26. The largest absolute Gasteiger partial charge is 0.394 e. The number of hydrogen-bond acceptors (Lipinski definition) is 2. The molecule has 0 aliphatic rings. The number of aliphatic hydroxyl groups is 1. The first-order valence-electron chi connectivity index (χ1n) is 3.94. The monoisotopic (exact) mass is 253 g/mol. The molecular weight excluding hydrogens is 244 g/mol. The van der Waals surface area contributed by atoms with Gasteiger partial charge in [0, 0.05) is 0 Å². The van der Waals surface area contributed by atoms with Gasteiger partial charge in [-0.2, -0.15) is 0 Å². The Kier molecular flexibility index (Phi) is 3.67. The fourth-order valence-corrected chi connectivity index (χ4v) is 1.80. The van der Waals surface area contributed by atoms with Gasteiger partial charge in [0.05, 0.1) is 27.2 Å². The fraction of sp³-hybridized carbons (Fsp3) is 0.333. The van der Waals surface area contributed by atoms with Crippen LogP contribution in [0.1, 0.15) is 12.5 Å². The highest BCUT2D eigenvalue weighted by Crippen LogP contribution is 2.36. The average Bonchev–Trinajstić information content (AvgIpc) is 2.14. The number of hydrogen-bond donors (Lipinski definition) is 2. The van der Waals surface area contributed by atoms with Crippen molar-refractivity contribution in [2.45, 2.75) is 12.5 Å². The standard InChI is InChI=1S/C9H10Cl3NO/c1-9(13,4-14)5-2-3-6(10)8(12)7(5)11/h2-3,14H,4,13H2,1H3/t9-/m0/s1. The molecule has 0 saturated heterocycles. The highest BCUT2D eigenvalue weighted by molar-refractivity contribution is 6.48. The van der Waals surface area contributed by atoms with Crippen LogP contribution in [-0.4, -0.2) is 11.7 Å². The molecule has 1 aromatic rings. The Balaban J connectivity index is 3.31. The van der Waals surface area contributed by atoms with Crippen LogP contribution in [0, 0.1) is 0 Å². The van der Waals surface area contributed by atoms with Crippen molar-refractivity contribution in [3.63, 3.8) is 0 Å². The molecule has 0 aromatic heterocycles. The predicted molar refractivity (Wildman–Crippen MR) is 60.1 cm³/mol. The van der Waals surface area contributed by atoms with E-state index in [1.165, 1.54) is 0 Å². The van der Waals surface area contributed by atoms with Gasteiger partial charge >= 0.3 is 0 Å². The Morgan fingerprint density at radius 3 is 2.36 bits per heavy atom. The number of benzene rings is 1. The molecule has 78 valence electrons. The molecule has 1 aromatic carbocycles. The molecule has 5 heteroatoms. The summed E-state index contributed by atoms with van der Waals surface area (Å²) in [5, 5.41) is 9.99. The molecule has 0 fully saturated rings. The van der Waals surface area contributed by atoms with E-state index in [0.29, 0.717) is 15.6 Å². The summed E-state index contributed by atoms with van der Waals surface area (Å²) in [5.41, 5.74) is 5.49. The van der Waals surface area contributed by atoms with Crippen molar-refractivity contribution in [1.29, 1.82) is 0 Å². The third-order valence-electron chi connectivity index (χ3n) is 1.98. The van der Waals surface area contributed by atoms with Crippen molar-refractivity contribution in [1.82, 2.24) is 0 Å². The summed E-state index contributed by atoms with van der Waals surface area (Å²) in [5.74, 6) is 0. The van der Waals surface area contributed by atoms with Crippen molar-refractivity contribution in [2.24, 2.45) is 5.73 Å². The molecule has 0 bridgehead atoms. The number of halogens is 3. The van der Waals surface area contributed by atoms with Gasteiger partial charge < -0.3 is 10.8 Å². The molecule has 14 heavy (non-hydrogen) atoms. The van der Waals surface area contributed by atoms with Crippen LogP contribution in [0.2, 0.25) is 15.1 Å². The van der Waals surface area contributed by atoms with Crippen molar-refractivity contribution in [2.75, 3.05) is 6.61 Å². The van der Waals surface area contributed by atoms with Gasteiger partial charge in [-0.15, -0.1) is 0 Å². The zero-order chi connectivity index (χ0) is 10.9. The van der Waals surface area contributed by atoms with Crippen LogP contribution in [0.5, 0.6) is 0 Å². The molecule has 1 rings (SSSR count). The van der Waals surface area contributed by atoms with Crippen LogP contribution in [0.25, 0.3) is 0 Å². The molecule has 0 radical (unpaired) electrons. The Labute approximate surface area is 97.6 Å². The summed E-state index contributed by atoms with van der Waals surface area (Å²) in [6.45, 7) is 1.45. The van der Waals surface area contributed by atoms with E-state index in [9.17, 15) is 0 Å². The molecule has 0 saturated carbocycles. The minimum Gasteiger partial charge on any atom is -0.394 e. The van der Waals surface area contributed by atoms with Crippen LogP contribution >= 0.6 is 34.8 Å². The van der Waals surface area contributed by atoms with E-state index in [4.69, 9.17) is 45.6 Å². The minimum absolute atomic E-state index is 0.218. The molecule has 0 aliphatic carbocycles. The van der Waals surface area contributed by atoms with Gasteiger partial charge in [-0.05, 0) is 18.6 Å². The Morgan fingerprint density at radius 2 is 1.86 bits per heavy atom. The summed E-state index contributed by atoms with van der Waals surface area (Å²) in [7, 11) is 0. The molecule has 0 amide bonds. The zero-order valence-electron chi connectivity index (χ0n) is 7.52. The zero-order valence-corrected chi connectivity index (χ0v) is 9.79. The van der Waals surface area contributed by atoms with E-state index in [-0.39, 0.29) is 11.6 Å². The fourth-order valence-electron chi connectivity index (χ4n) is 1.05. The van der Waals surface area contributed by atoms with Crippen molar-refractivity contribution in [3.8, 4) is 0 Å². The van der Waals surface area contributed by atoms with E-state index in [1.807, 2.05) is 0 Å². The first-order chi connectivity index (χ1) is 6.40. The highest BCUT2D eigenvalue weighted by Gasteiger charge is 2.24.